The van der Waals surface area contributed by atoms with Crippen molar-refractivity contribution in [1.29, 1.82) is 0 Å². The van der Waals surface area contributed by atoms with Crippen molar-refractivity contribution in [3.8, 4) is 0 Å². The largest absolute Gasteiger partial charge is 0.416 e. The molecule has 3 rings (SSSR count). The maximum Gasteiger partial charge on any atom is 0.416 e. The molecule has 1 atom stereocenters. The Morgan fingerprint density at radius 3 is 2.21 bits per heavy atom. The van der Waals surface area contributed by atoms with Crippen LogP contribution in [0.3, 0.4) is 0 Å². The smallest absolute Gasteiger partial charge is 0.341 e. The average Bonchev–Trinajstić information content (AvgIpc) is 3.37. The number of amides is 3. The summed E-state index contributed by atoms with van der Waals surface area (Å²) in [5.41, 5.74) is -0.616. The number of hydrogen-bond donors (Lipinski definition) is 1. The molecule has 3 amide bonds. The first-order valence-electron chi connectivity index (χ1n) is 11.2. The molecular formula is C24H28F3N3O3S. The van der Waals surface area contributed by atoms with Gasteiger partial charge in [0.1, 0.15) is 6.04 Å². The van der Waals surface area contributed by atoms with Crippen LogP contribution in [-0.2, 0) is 11.0 Å². The van der Waals surface area contributed by atoms with Crippen LogP contribution in [0.15, 0.2) is 41.8 Å². The number of piperidine rings is 1. The topological polar surface area (TPSA) is 69.7 Å². The third kappa shape index (κ3) is 5.97. The van der Waals surface area contributed by atoms with Gasteiger partial charge in [-0.1, -0.05) is 6.07 Å². The molecule has 0 saturated carbocycles. The first-order chi connectivity index (χ1) is 16.2. The van der Waals surface area contributed by atoms with Gasteiger partial charge in [-0.05, 0) is 68.3 Å². The summed E-state index contributed by atoms with van der Waals surface area (Å²) in [5.74, 6) is -0.957. The van der Waals surface area contributed by atoms with Crippen molar-refractivity contribution in [1.82, 2.24) is 15.1 Å². The molecule has 0 aliphatic carbocycles. The molecule has 1 fully saturated rings. The fraction of sp³-hybridized carbons (Fsp3) is 0.458. The molecule has 2 heterocycles. The Bertz CT molecular complexity index is 981. The molecule has 1 aliphatic heterocycles. The van der Waals surface area contributed by atoms with Crippen LogP contribution in [-0.4, -0.2) is 59.7 Å². The first kappa shape index (κ1) is 25.7. The van der Waals surface area contributed by atoms with Crippen LogP contribution >= 0.6 is 11.3 Å². The van der Waals surface area contributed by atoms with Crippen molar-refractivity contribution >= 4 is 29.1 Å². The lowest BCUT2D eigenvalue weighted by atomic mass is 9.88. The number of thiophene rings is 1. The molecule has 1 aromatic heterocycles. The third-order valence-corrected chi connectivity index (χ3v) is 7.00. The quantitative estimate of drug-likeness (QED) is 0.623. The van der Waals surface area contributed by atoms with Crippen LogP contribution in [0.4, 0.5) is 13.2 Å². The maximum absolute atomic E-state index is 13.2. The number of rotatable bonds is 7. The Kier molecular flexibility index (Phi) is 8.35. The molecule has 1 unspecified atom stereocenters. The van der Waals surface area contributed by atoms with Gasteiger partial charge in [-0.3, -0.25) is 14.4 Å². The van der Waals surface area contributed by atoms with E-state index in [0.717, 1.165) is 12.1 Å². The zero-order valence-corrected chi connectivity index (χ0v) is 19.9. The van der Waals surface area contributed by atoms with Crippen LogP contribution in [0.5, 0.6) is 0 Å². The molecule has 1 N–H and O–H groups in total. The Hall–Kier alpha value is -2.88. The summed E-state index contributed by atoms with van der Waals surface area (Å²) in [4.78, 5) is 42.5. The number of hydrogen-bond acceptors (Lipinski definition) is 4. The predicted molar refractivity (Wildman–Crippen MR) is 124 cm³/mol. The molecule has 10 heteroatoms. The van der Waals surface area contributed by atoms with E-state index in [1.807, 2.05) is 13.8 Å². The molecule has 1 saturated heterocycles. The van der Waals surface area contributed by atoms with Gasteiger partial charge >= 0.3 is 6.18 Å². The van der Waals surface area contributed by atoms with Gasteiger partial charge in [0.05, 0.1) is 10.4 Å². The molecule has 0 spiro atoms. The minimum Gasteiger partial charge on any atom is -0.341 e. The fourth-order valence-corrected chi connectivity index (χ4v) is 4.78. The number of carbonyl (C=O) groups excluding carboxylic acids is 3. The Morgan fingerprint density at radius 1 is 1.09 bits per heavy atom. The standard InChI is InChI=1S/C24H28F3N3O3S/c1-3-29(4-2)23(33)20(28-21(31)19-6-5-15-34-19)16-11-13-30(14-12-16)22(32)17-7-9-18(10-8-17)24(25,26)27/h5-10,15-16,20H,3-4,11-14H2,1-2H3,(H,28,31). The van der Waals surface area contributed by atoms with Gasteiger partial charge in [-0.25, -0.2) is 0 Å². The Labute approximate surface area is 200 Å². The average molecular weight is 496 g/mol. The number of likely N-dealkylation sites (tertiary alicyclic amines) is 1. The molecule has 0 bridgehead atoms. The van der Waals surface area contributed by atoms with Crippen molar-refractivity contribution < 1.29 is 27.6 Å². The molecule has 0 radical (unpaired) electrons. The van der Waals surface area contributed by atoms with Crippen LogP contribution in [0.1, 0.15) is 52.3 Å². The summed E-state index contributed by atoms with van der Waals surface area (Å²) in [6, 6.07) is 6.93. The minimum atomic E-state index is -4.46. The zero-order chi connectivity index (χ0) is 24.9. The summed E-state index contributed by atoms with van der Waals surface area (Å²) in [7, 11) is 0. The Balaban J connectivity index is 1.69. The molecule has 1 aromatic carbocycles. The van der Waals surface area contributed by atoms with Gasteiger partial charge in [0.15, 0.2) is 0 Å². The summed E-state index contributed by atoms with van der Waals surface area (Å²) in [6.45, 7) is 5.50. The second kappa shape index (κ2) is 11.0. The lowest BCUT2D eigenvalue weighted by Crippen LogP contribution is -2.54. The van der Waals surface area contributed by atoms with E-state index in [1.54, 1.807) is 27.3 Å². The Morgan fingerprint density at radius 2 is 1.71 bits per heavy atom. The number of carbonyl (C=O) groups is 3. The summed E-state index contributed by atoms with van der Waals surface area (Å²) >= 11 is 1.30. The minimum absolute atomic E-state index is 0.151. The van der Waals surface area contributed by atoms with Gasteiger partial charge in [0, 0.05) is 31.7 Å². The van der Waals surface area contributed by atoms with Gasteiger partial charge in [-0.2, -0.15) is 13.2 Å². The maximum atomic E-state index is 13.2. The van der Waals surface area contributed by atoms with Gasteiger partial charge < -0.3 is 15.1 Å². The van der Waals surface area contributed by atoms with E-state index in [0.29, 0.717) is 43.9 Å². The molecule has 2 aromatic rings. The van der Waals surface area contributed by atoms with Gasteiger partial charge in [0.25, 0.3) is 11.8 Å². The van der Waals surface area contributed by atoms with Crippen molar-refractivity contribution in [2.45, 2.75) is 38.9 Å². The second-order valence-corrected chi connectivity index (χ2v) is 9.09. The highest BCUT2D eigenvalue weighted by Crippen LogP contribution is 2.30. The van der Waals surface area contributed by atoms with Crippen molar-refractivity contribution in [2.24, 2.45) is 5.92 Å². The van der Waals surface area contributed by atoms with E-state index >= 15 is 0 Å². The number of halogens is 3. The molecular weight excluding hydrogens is 467 g/mol. The molecule has 34 heavy (non-hydrogen) atoms. The van der Waals surface area contributed by atoms with Crippen LogP contribution in [0.2, 0.25) is 0 Å². The number of alkyl halides is 3. The molecule has 6 nitrogen and oxygen atoms in total. The lowest BCUT2D eigenvalue weighted by molar-refractivity contribution is -0.137. The fourth-order valence-electron chi connectivity index (χ4n) is 4.15. The van der Waals surface area contributed by atoms with E-state index in [4.69, 9.17) is 0 Å². The van der Waals surface area contributed by atoms with E-state index < -0.39 is 17.8 Å². The SMILES string of the molecule is CCN(CC)C(=O)C(NC(=O)c1cccs1)C1CCN(C(=O)c2ccc(C(F)(F)F)cc2)CC1. The number of nitrogens with zero attached hydrogens (tertiary/aromatic N) is 2. The van der Waals surface area contributed by atoms with E-state index in [1.165, 1.54) is 23.5 Å². The van der Waals surface area contributed by atoms with E-state index in [9.17, 15) is 27.6 Å². The number of benzene rings is 1. The van der Waals surface area contributed by atoms with Crippen molar-refractivity contribution in [3.63, 3.8) is 0 Å². The highest BCUT2D eigenvalue weighted by molar-refractivity contribution is 7.12. The van der Waals surface area contributed by atoms with Crippen molar-refractivity contribution in [2.75, 3.05) is 26.2 Å². The van der Waals surface area contributed by atoms with Crippen molar-refractivity contribution in [3.05, 3.63) is 57.8 Å². The predicted octanol–water partition coefficient (Wildman–Crippen LogP) is 4.29. The van der Waals surface area contributed by atoms with Crippen LogP contribution < -0.4 is 5.32 Å². The lowest BCUT2D eigenvalue weighted by Gasteiger charge is -2.37. The van der Waals surface area contributed by atoms with Crippen LogP contribution in [0.25, 0.3) is 0 Å². The molecule has 1 aliphatic rings. The third-order valence-electron chi connectivity index (χ3n) is 6.13. The summed E-state index contributed by atoms with van der Waals surface area (Å²) in [6.07, 6.45) is -3.47. The van der Waals surface area contributed by atoms with Crippen LogP contribution in [0, 0.1) is 5.92 Å². The second-order valence-electron chi connectivity index (χ2n) is 8.14. The molecule has 184 valence electrons. The van der Waals surface area contributed by atoms with Gasteiger partial charge in [0.2, 0.25) is 5.91 Å². The van der Waals surface area contributed by atoms with E-state index in [2.05, 4.69) is 5.32 Å². The summed E-state index contributed by atoms with van der Waals surface area (Å²) in [5, 5.41) is 4.70. The zero-order valence-electron chi connectivity index (χ0n) is 19.1. The highest BCUT2D eigenvalue weighted by Gasteiger charge is 2.36. The summed E-state index contributed by atoms with van der Waals surface area (Å²) < 4.78 is 38.4. The normalized spacial score (nSPS) is 15.6. The first-order valence-corrected chi connectivity index (χ1v) is 12.1. The number of likely N-dealkylation sites (N-methyl/N-ethyl adjacent to an activating group) is 1. The van der Waals surface area contributed by atoms with E-state index in [-0.39, 0.29) is 29.2 Å². The number of nitrogens with one attached hydrogen (secondary N) is 1. The monoisotopic (exact) mass is 495 g/mol. The highest BCUT2D eigenvalue weighted by atomic mass is 32.1. The van der Waals surface area contributed by atoms with Gasteiger partial charge in [-0.15, -0.1) is 11.3 Å².